The fourth-order valence-corrected chi connectivity index (χ4v) is 1.79. The lowest BCUT2D eigenvalue weighted by molar-refractivity contribution is 0.0594. The van der Waals surface area contributed by atoms with Crippen LogP contribution in [0.1, 0.15) is 10.5 Å². The van der Waals surface area contributed by atoms with Crippen LogP contribution in [0.4, 0.5) is 5.69 Å². The van der Waals surface area contributed by atoms with Crippen molar-refractivity contribution in [1.29, 1.82) is 0 Å². The summed E-state index contributed by atoms with van der Waals surface area (Å²) in [4.78, 5) is 15.5. The van der Waals surface area contributed by atoms with Crippen molar-refractivity contribution >= 4 is 38.5 Å². The van der Waals surface area contributed by atoms with Gasteiger partial charge in [0.05, 0.1) is 12.6 Å². The highest BCUT2D eigenvalue weighted by molar-refractivity contribution is 9.10. The van der Waals surface area contributed by atoms with Crippen LogP contribution >= 0.6 is 15.9 Å². The first-order valence-electron chi connectivity index (χ1n) is 4.56. The van der Waals surface area contributed by atoms with Crippen molar-refractivity contribution in [2.24, 2.45) is 0 Å². The molecule has 0 aliphatic carbocycles. The van der Waals surface area contributed by atoms with Crippen LogP contribution in [0.25, 0.3) is 10.9 Å². The van der Waals surface area contributed by atoms with E-state index in [4.69, 9.17) is 5.73 Å². The number of esters is 1. The number of benzene rings is 1. The Bertz CT molecular complexity index is 569. The van der Waals surface area contributed by atoms with Crippen molar-refractivity contribution in [2.45, 2.75) is 0 Å². The average Bonchev–Trinajstić information content (AvgIpc) is 2.28. The van der Waals surface area contributed by atoms with Gasteiger partial charge in [-0.1, -0.05) is 15.9 Å². The molecule has 2 N–H and O–H groups in total. The summed E-state index contributed by atoms with van der Waals surface area (Å²) < 4.78 is 5.51. The van der Waals surface area contributed by atoms with E-state index in [0.717, 1.165) is 9.86 Å². The standard InChI is InChI=1S/C11H9BrN2O2/c1-16-11(15)10-5-8(13)7-4-6(12)2-3-9(7)14-10/h2-5H,1H3,(H2,13,14). The highest BCUT2D eigenvalue weighted by atomic mass is 79.9. The molecule has 1 aromatic carbocycles. The van der Waals surface area contributed by atoms with Crippen molar-refractivity contribution < 1.29 is 9.53 Å². The minimum absolute atomic E-state index is 0.217. The molecule has 16 heavy (non-hydrogen) atoms. The van der Waals surface area contributed by atoms with Gasteiger partial charge in [0.25, 0.3) is 0 Å². The van der Waals surface area contributed by atoms with Crippen LogP contribution in [0, 0.1) is 0 Å². The molecule has 0 radical (unpaired) electrons. The highest BCUT2D eigenvalue weighted by Gasteiger charge is 2.10. The Labute approximate surface area is 101 Å². The van der Waals surface area contributed by atoms with Gasteiger partial charge in [0, 0.05) is 15.5 Å². The Morgan fingerprint density at radius 1 is 1.44 bits per heavy atom. The molecule has 0 unspecified atom stereocenters. The number of anilines is 1. The van der Waals surface area contributed by atoms with Gasteiger partial charge in [0.15, 0.2) is 5.69 Å². The molecule has 82 valence electrons. The third-order valence-electron chi connectivity index (χ3n) is 2.20. The van der Waals surface area contributed by atoms with Crippen LogP contribution < -0.4 is 5.73 Å². The average molecular weight is 281 g/mol. The fraction of sp³-hybridized carbons (Fsp3) is 0.0909. The lowest BCUT2D eigenvalue weighted by atomic mass is 10.1. The van der Waals surface area contributed by atoms with Gasteiger partial charge in [0.2, 0.25) is 0 Å². The van der Waals surface area contributed by atoms with E-state index in [1.165, 1.54) is 13.2 Å². The number of hydrogen-bond donors (Lipinski definition) is 1. The number of nitrogen functional groups attached to an aromatic ring is 1. The third-order valence-corrected chi connectivity index (χ3v) is 2.69. The molecular weight excluding hydrogens is 272 g/mol. The Morgan fingerprint density at radius 3 is 2.88 bits per heavy atom. The predicted octanol–water partition coefficient (Wildman–Crippen LogP) is 2.37. The SMILES string of the molecule is COC(=O)c1cc(N)c2cc(Br)ccc2n1. The first-order valence-corrected chi connectivity index (χ1v) is 5.35. The Hall–Kier alpha value is -1.62. The first-order chi connectivity index (χ1) is 7.61. The van der Waals surface area contributed by atoms with Gasteiger partial charge in [-0.25, -0.2) is 9.78 Å². The van der Waals surface area contributed by atoms with E-state index in [9.17, 15) is 4.79 Å². The molecule has 0 atom stereocenters. The lowest BCUT2D eigenvalue weighted by Gasteiger charge is -2.05. The number of ether oxygens (including phenoxy) is 1. The molecule has 5 heteroatoms. The number of aromatic nitrogens is 1. The molecule has 1 aromatic heterocycles. The number of pyridine rings is 1. The van der Waals surface area contributed by atoms with Crippen LogP contribution in [-0.4, -0.2) is 18.1 Å². The minimum Gasteiger partial charge on any atom is -0.464 e. The second-order valence-corrected chi connectivity index (χ2v) is 4.17. The van der Waals surface area contributed by atoms with E-state index >= 15 is 0 Å². The maximum absolute atomic E-state index is 11.3. The summed E-state index contributed by atoms with van der Waals surface area (Å²) in [5, 5.41) is 0.807. The summed E-state index contributed by atoms with van der Waals surface area (Å²) in [7, 11) is 1.31. The zero-order valence-corrected chi connectivity index (χ0v) is 10.1. The van der Waals surface area contributed by atoms with E-state index in [0.29, 0.717) is 11.2 Å². The quantitative estimate of drug-likeness (QED) is 0.815. The van der Waals surface area contributed by atoms with Gasteiger partial charge in [-0.05, 0) is 24.3 Å². The molecule has 0 saturated heterocycles. The molecule has 0 fully saturated rings. The normalized spacial score (nSPS) is 10.4. The van der Waals surface area contributed by atoms with Crippen molar-refractivity contribution in [3.05, 3.63) is 34.4 Å². The lowest BCUT2D eigenvalue weighted by Crippen LogP contribution is -2.05. The molecule has 0 saturated carbocycles. The summed E-state index contributed by atoms with van der Waals surface area (Å²) >= 11 is 3.35. The Kier molecular flexibility index (Phi) is 2.78. The largest absolute Gasteiger partial charge is 0.464 e. The maximum atomic E-state index is 11.3. The van der Waals surface area contributed by atoms with E-state index < -0.39 is 5.97 Å². The van der Waals surface area contributed by atoms with Crippen LogP contribution in [-0.2, 0) is 4.74 Å². The summed E-state index contributed by atoms with van der Waals surface area (Å²) in [6, 6.07) is 7.01. The molecule has 0 amide bonds. The number of nitrogens with two attached hydrogens (primary N) is 1. The number of halogens is 1. The van der Waals surface area contributed by atoms with Gasteiger partial charge >= 0.3 is 5.97 Å². The van der Waals surface area contributed by atoms with Crippen LogP contribution in [0.2, 0.25) is 0 Å². The van der Waals surface area contributed by atoms with Crippen molar-refractivity contribution in [3.8, 4) is 0 Å². The molecule has 0 aliphatic rings. The van der Waals surface area contributed by atoms with Gasteiger partial charge in [-0.15, -0.1) is 0 Å². The number of rotatable bonds is 1. The predicted molar refractivity (Wildman–Crippen MR) is 65.2 cm³/mol. The number of methoxy groups -OCH3 is 1. The second-order valence-electron chi connectivity index (χ2n) is 3.25. The number of carbonyl (C=O) groups is 1. The number of carbonyl (C=O) groups excluding carboxylic acids is 1. The van der Waals surface area contributed by atoms with Gasteiger partial charge in [0.1, 0.15) is 0 Å². The van der Waals surface area contributed by atoms with Crippen LogP contribution in [0.3, 0.4) is 0 Å². The fourth-order valence-electron chi connectivity index (χ4n) is 1.43. The maximum Gasteiger partial charge on any atom is 0.356 e. The molecule has 0 bridgehead atoms. The Morgan fingerprint density at radius 2 is 2.19 bits per heavy atom. The van der Waals surface area contributed by atoms with Crippen LogP contribution in [0.5, 0.6) is 0 Å². The molecule has 2 rings (SSSR count). The summed E-state index contributed by atoms with van der Waals surface area (Å²) in [5.74, 6) is -0.489. The molecule has 2 aromatic rings. The zero-order chi connectivity index (χ0) is 11.7. The smallest absolute Gasteiger partial charge is 0.356 e. The minimum atomic E-state index is -0.489. The molecule has 0 spiro atoms. The summed E-state index contributed by atoms with van der Waals surface area (Å²) in [6.45, 7) is 0. The van der Waals surface area contributed by atoms with Gasteiger partial charge in [-0.3, -0.25) is 0 Å². The van der Waals surface area contributed by atoms with Gasteiger partial charge < -0.3 is 10.5 Å². The van der Waals surface area contributed by atoms with E-state index in [-0.39, 0.29) is 5.69 Å². The first kappa shape index (κ1) is 10.9. The van der Waals surface area contributed by atoms with Crippen molar-refractivity contribution in [1.82, 2.24) is 4.98 Å². The topological polar surface area (TPSA) is 65.2 Å². The second kappa shape index (κ2) is 4.09. The molecule has 1 heterocycles. The van der Waals surface area contributed by atoms with E-state index in [2.05, 4.69) is 25.7 Å². The number of hydrogen-bond acceptors (Lipinski definition) is 4. The van der Waals surface area contributed by atoms with E-state index in [1.54, 1.807) is 6.07 Å². The van der Waals surface area contributed by atoms with E-state index in [1.807, 2.05) is 12.1 Å². The summed E-state index contributed by atoms with van der Waals surface area (Å²) in [6.07, 6.45) is 0. The number of fused-ring (bicyclic) bond motifs is 1. The summed E-state index contributed by atoms with van der Waals surface area (Å²) in [5.41, 5.74) is 7.24. The van der Waals surface area contributed by atoms with Crippen LogP contribution in [0.15, 0.2) is 28.7 Å². The van der Waals surface area contributed by atoms with Gasteiger partial charge in [-0.2, -0.15) is 0 Å². The molecular formula is C11H9BrN2O2. The Balaban J connectivity index is 2.68. The highest BCUT2D eigenvalue weighted by Crippen LogP contribution is 2.24. The van der Waals surface area contributed by atoms with Crippen molar-refractivity contribution in [2.75, 3.05) is 12.8 Å². The zero-order valence-electron chi connectivity index (χ0n) is 8.53. The number of nitrogens with zero attached hydrogens (tertiary/aromatic N) is 1. The molecule has 0 aliphatic heterocycles. The third kappa shape index (κ3) is 1.86. The monoisotopic (exact) mass is 280 g/mol. The van der Waals surface area contributed by atoms with Crippen molar-refractivity contribution in [3.63, 3.8) is 0 Å². The molecule has 4 nitrogen and oxygen atoms in total.